The van der Waals surface area contributed by atoms with Gasteiger partial charge in [0.05, 0.1) is 5.56 Å². The van der Waals surface area contributed by atoms with E-state index in [0.717, 1.165) is 17.2 Å². The van der Waals surface area contributed by atoms with Gasteiger partial charge in [-0.05, 0) is 43.7 Å². The van der Waals surface area contributed by atoms with E-state index >= 15 is 0 Å². The second-order valence-corrected chi connectivity index (χ2v) is 6.02. The minimum Gasteiger partial charge on any atom is -0.382 e. The topological polar surface area (TPSA) is 32.3 Å². The van der Waals surface area contributed by atoms with Gasteiger partial charge in [-0.3, -0.25) is 4.79 Å². The first kappa shape index (κ1) is 14.9. The van der Waals surface area contributed by atoms with E-state index < -0.39 is 0 Å². The first-order valence-corrected chi connectivity index (χ1v) is 7.69. The molecule has 3 nitrogen and oxygen atoms in total. The second-order valence-electron chi connectivity index (χ2n) is 6.02. The number of benzene rings is 1. The van der Waals surface area contributed by atoms with Gasteiger partial charge in [-0.15, -0.1) is 0 Å². The minimum atomic E-state index is 0.0651. The number of rotatable bonds is 4. The lowest BCUT2D eigenvalue weighted by molar-refractivity contribution is 0.0828. The average molecular weight is 274 g/mol. The molecule has 110 valence electrons. The lowest BCUT2D eigenvalue weighted by Gasteiger charge is -2.30. The van der Waals surface area contributed by atoms with Gasteiger partial charge in [0.15, 0.2) is 0 Å². The van der Waals surface area contributed by atoms with Gasteiger partial charge in [-0.2, -0.15) is 0 Å². The van der Waals surface area contributed by atoms with Crippen molar-refractivity contribution in [3.05, 3.63) is 29.8 Å². The van der Waals surface area contributed by atoms with Gasteiger partial charge in [0, 0.05) is 25.8 Å². The van der Waals surface area contributed by atoms with E-state index in [1.807, 2.05) is 24.3 Å². The highest BCUT2D eigenvalue weighted by Gasteiger charge is 2.21. The van der Waals surface area contributed by atoms with Crippen molar-refractivity contribution in [2.75, 3.05) is 19.4 Å². The van der Waals surface area contributed by atoms with Crippen LogP contribution in [0.1, 0.15) is 49.4 Å². The Morgan fingerprint density at radius 1 is 1.20 bits per heavy atom. The van der Waals surface area contributed by atoms with E-state index in [1.54, 1.807) is 19.0 Å². The lowest BCUT2D eigenvalue weighted by Crippen LogP contribution is -2.28. The van der Waals surface area contributed by atoms with Gasteiger partial charge in [-0.1, -0.05) is 25.5 Å². The van der Waals surface area contributed by atoms with Crippen molar-refractivity contribution in [3.63, 3.8) is 0 Å². The molecule has 0 atom stereocenters. The van der Waals surface area contributed by atoms with E-state index in [0.29, 0.717) is 6.04 Å². The number of carbonyl (C=O) groups is 1. The predicted octanol–water partition coefficient (Wildman–Crippen LogP) is 3.77. The van der Waals surface area contributed by atoms with Gasteiger partial charge in [0.25, 0.3) is 5.91 Å². The van der Waals surface area contributed by atoms with Crippen molar-refractivity contribution in [2.24, 2.45) is 5.92 Å². The summed E-state index contributed by atoms with van der Waals surface area (Å²) in [5, 5.41) is 3.58. The van der Waals surface area contributed by atoms with E-state index in [1.165, 1.54) is 32.1 Å². The normalized spacial score (nSPS) is 22.4. The minimum absolute atomic E-state index is 0.0651. The van der Waals surface area contributed by atoms with Crippen molar-refractivity contribution in [2.45, 2.75) is 45.1 Å². The van der Waals surface area contributed by atoms with Crippen LogP contribution in [0.3, 0.4) is 0 Å². The molecule has 1 aliphatic carbocycles. The largest absolute Gasteiger partial charge is 0.382 e. The standard InChI is InChI=1S/C17H26N2O/c1-4-13-9-11-14(12-10-13)18-16-8-6-5-7-15(16)17(20)19(2)3/h5-8,13-14,18H,4,9-12H2,1-3H3. The molecule has 1 aromatic rings. The first-order chi connectivity index (χ1) is 9.61. The van der Waals surface area contributed by atoms with Crippen molar-refractivity contribution in [1.29, 1.82) is 0 Å². The molecule has 1 fully saturated rings. The molecule has 0 saturated heterocycles. The number of nitrogens with one attached hydrogen (secondary N) is 1. The summed E-state index contributed by atoms with van der Waals surface area (Å²) in [7, 11) is 3.59. The third-order valence-electron chi connectivity index (χ3n) is 4.35. The molecule has 1 aliphatic rings. The monoisotopic (exact) mass is 274 g/mol. The SMILES string of the molecule is CCC1CCC(Nc2ccccc2C(=O)N(C)C)CC1. The number of nitrogens with zero attached hydrogens (tertiary/aromatic N) is 1. The Kier molecular flexibility index (Phi) is 5.05. The molecule has 0 spiro atoms. The van der Waals surface area contributed by atoms with Crippen LogP contribution in [-0.4, -0.2) is 30.9 Å². The molecule has 0 aromatic heterocycles. The molecular formula is C17H26N2O. The number of para-hydroxylation sites is 1. The van der Waals surface area contributed by atoms with Crippen LogP contribution < -0.4 is 5.32 Å². The van der Waals surface area contributed by atoms with Crippen LogP contribution in [0.15, 0.2) is 24.3 Å². The maximum atomic E-state index is 12.2. The fraction of sp³-hybridized carbons (Fsp3) is 0.588. The molecule has 3 heteroatoms. The third kappa shape index (κ3) is 3.53. The molecule has 0 heterocycles. The summed E-state index contributed by atoms with van der Waals surface area (Å²) >= 11 is 0. The summed E-state index contributed by atoms with van der Waals surface area (Å²) in [6.45, 7) is 2.28. The molecule has 1 aromatic carbocycles. The number of carbonyl (C=O) groups excluding carboxylic acids is 1. The van der Waals surface area contributed by atoms with Crippen molar-refractivity contribution < 1.29 is 4.79 Å². The van der Waals surface area contributed by atoms with Crippen LogP contribution >= 0.6 is 0 Å². The third-order valence-corrected chi connectivity index (χ3v) is 4.35. The van der Waals surface area contributed by atoms with E-state index in [9.17, 15) is 4.79 Å². The summed E-state index contributed by atoms with van der Waals surface area (Å²) in [4.78, 5) is 13.8. The predicted molar refractivity (Wildman–Crippen MR) is 84.1 cm³/mol. The maximum absolute atomic E-state index is 12.2. The van der Waals surface area contributed by atoms with E-state index in [2.05, 4.69) is 12.2 Å². The number of hydrogen-bond acceptors (Lipinski definition) is 2. The molecular weight excluding hydrogens is 248 g/mol. The van der Waals surface area contributed by atoms with Crippen molar-refractivity contribution in [3.8, 4) is 0 Å². The summed E-state index contributed by atoms with van der Waals surface area (Å²) < 4.78 is 0. The molecule has 1 N–H and O–H groups in total. The molecule has 0 aliphatic heterocycles. The maximum Gasteiger partial charge on any atom is 0.255 e. The number of amides is 1. The highest BCUT2D eigenvalue weighted by Crippen LogP contribution is 2.29. The van der Waals surface area contributed by atoms with Crippen LogP contribution in [0, 0.1) is 5.92 Å². The van der Waals surface area contributed by atoms with Crippen molar-refractivity contribution >= 4 is 11.6 Å². The van der Waals surface area contributed by atoms with Crippen LogP contribution in [0.4, 0.5) is 5.69 Å². The Hall–Kier alpha value is -1.51. The summed E-state index contributed by atoms with van der Waals surface area (Å²) in [6, 6.07) is 8.35. The van der Waals surface area contributed by atoms with Gasteiger partial charge < -0.3 is 10.2 Å². The van der Waals surface area contributed by atoms with Crippen LogP contribution in [-0.2, 0) is 0 Å². The number of hydrogen-bond donors (Lipinski definition) is 1. The average Bonchev–Trinajstić information content (AvgIpc) is 2.48. The first-order valence-electron chi connectivity index (χ1n) is 7.69. The summed E-state index contributed by atoms with van der Waals surface area (Å²) in [5.74, 6) is 0.960. The molecule has 0 radical (unpaired) electrons. The Balaban J connectivity index is 2.05. The number of anilines is 1. The molecule has 20 heavy (non-hydrogen) atoms. The zero-order valence-corrected chi connectivity index (χ0v) is 12.9. The zero-order chi connectivity index (χ0) is 14.5. The molecule has 0 unspecified atom stereocenters. The van der Waals surface area contributed by atoms with Crippen LogP contribution in [0.2, 0.25) is 0 Å². The summed E-state index contributed by atoms with van der Waals surface area (Å²) in [5.41, 5.74) is 1.75. The van der Waals surface area contributed by atoms with Gasteiger partial charge in [0.1, 0.15) is 0 Å². The zero-order valence-electron chi connectivity index (χ0n) is 12.9. The van der Waals surface area contributed by atoms with Gasteiger partial charge >= 0.3 is 0 Å². The Bertz CT molecular complexity index is 448. The molecule has 1 amide bonds. The fourth-order valence-electron chi connectivity index (χ4n) is 2.97. The smallest absolute Gasteiger partial charge is 0.255 e. The van der Waals surface area contributed by atoms with E-state index in [4.69, 9.17) is 0 Å². The Labute approximate surface area is 122 Å². The highest BCUT2D eigenvalue weighted by atomic mass is 16.2. The van der Waals surface area contributed by atoms with Crippen molar-refractivity contribution in [1.82, 2.24) is 4.90 Å². The summed E-state index contributed by atoms with van der Waals surface area (Å²) in [6.07, 6.45) is 6.32. The molecule has 0 bridgehead atoms. The quantitative estimate of drug-likeness (QED) is 0.906. The molecule has 1 saturated carbocycles. The Morgan fingerprint density at radius 3 is 2.45 bits per heavy atom. The second kappa shape index (κ2) is 6.78. The van der Waals surface area contributed by atoms with Crippen LogP contribution in [0.25, 0.3) is 0 Å². The van der Waals surface area contributed by atoms with Gasteiger partial charge in [-0.25, -0.2) is 0 Å². The van der Waals surface area contributed by atoms with E-state index in [-0.39, 0.29) is 5.91 Å². The fourth-order valence-corrected chi connectivity index (χ4v) is 2.97. The highest BCUT2D eigenvalue weighted by molar-refractivity contribution is 5.99. The lowest BCUT2D eigenvalue weighted by atomic mass is 9.84. The Morgan fingerprint density at radius 2 is 1.85 bits per heavy atom. The molecule has 2 rings (SSSR count). The van der Waals surface area contributed by atoms with Crippen LogP contribution in [0.5, 0.6) is 0 Å². The van der Waals surface area contributed by atoms with Gasteiger partial charge in [0.2, 0.25) is 0 Å².